The molecule has 154 valence electrons. The number of carbonyl (C=O) groups excluding carboxylic acids is 1. The lowest BCUT2D eigenvalue weighted by atomic mass is 10.0. The van der Waals surface area contributed by atoms with Crippen LogP contribution in [0.5, 0.6) is 17.2 Å². The summed E-state index contributed by atoms with van der Waals surface area (Å²) in [5.74, 6) is 2.37. The average Bonchev–Trinajstić information content (AvgIpc) is 3.23. The maximum Gasteiger partial charge on any atom is 0.224 e. The van der Waals surface area contributed by atoms with Gasteiger partial charge in [-0.05, 0) is 37.1 Å². The minimum absolute atomic E-state index is 0.0276. The van der Waals surface area contributed by atoms with Gasteiger partial charge in [-0.25, -0.2) is 0 Å². The van der Waals surface area contributed by atoms with Crippen LogP contribution in [0.2, 0.25) is 5.02 Å². The van der Waals surface area contributed by atoms with E-state index in [1.165, 1.54) is 0 Å². The molecule has 29 heavy (non-hydrogen) atoms. The first-order valence-electron chi connectivity index (χ1n) is 9.93. The van der Waals surface area contributed by atoms with Gasteiger partial charge in [0.2, 0.25) is 5.91 Å². The van der Waals surface area contributed by atoms with Crippen LogP contribution in [-0.2, 0) is 4.79 Å². The zero-order valence-electron chi connectivity index (χ0n) is 16.4. The Hall–Kier alpha value is -2.60. The van der Waals surface area contributed by atoms with Crippen LogP contribution in [0.3, 0.4) is 0 Å². The van der Waals surface area contributed by atoms with Gasteiger partial charge in [-0.15, -0.1) is 0 Å². The van der Waals surface area contributed by atoms with Crippen molar-refractivity contribution < 1.29 is 19.0 Å². The first-order chi connectivity index (χ1) is 14.2. The lowest BCUT2D eigenvalue weighted by molar-refractivity contribution is -0.131. The summed E-state index contributed by atoms with van der Waals surface area (Å²) in [5.41, 5.74) is 1.82. The normalized spacial score (nSPS) is 17.9. The topological polar surface area (TPSA) is 60.0 Å². The molecular formula is C22H25ClN2O4. The van der Waals surface area contributed by atoms with Crippen LogP contribution in [0.25, 0.3) is 0 Å². The summed E-state index contributed by atoms with van der Waals surface area (Å²) in [6.07, 6.45) is 2.30. The number of ether oxygens (including phenoxy) is 3. The molecule has 2 aliphatic heterocycles. The number of likely N-dealkylation sites (tertiary alicyclic amines) is 1. The number of para-hydroxylation sites is 1. The van der Waals surface area contributed by atoms with E-state index < -0.39 is 0 Å². The van der Waals surface area contributed by atoms with Gasteiger partial charge in [0.15, 0.2) is 11.5 Å². The maximum atomic E-state index is 13.0. The number of anilines is 1. The molecule has 0 aliphatic carbocycles. The Labute approximate surface area is 175 Å². The van der Waals surface area contributed by atoms with Crippen molar-refractivity contribution in [3.63, 3.8) is 0 Å². The maximum absolute atomic E-state index is 13.0. The van der Waals surface area contributed by atoms with Gasteiger partial charge in [0.25, 0.3) is 0 Å². The van der Waals surface area contributed by atoms with E-state index in [4.69, 9.17) is 25.8 Å². The van der Waals surface area contributed by atoms with Crippen LogP contribution >= 0.6 is 11.6 Å². The number of methoxy groups -OCH3 is 1. The molecule has 2 aliphatic rings. The van der Waals surface area contributed by atoms with Crippen molar-refractivity contribution in [2.24, 2.45) is 0 Å². The number of carbonyl (C=O) groups is 1. The van der Waals surface area contributed by atoms with Crippen LogP contribution in [-0.4, -0.2) is 44.2 Å². The van der Waals surface area contributed by atoms with Crippen molar-refractivity contribution in [2.75, 3.05) is 38.7 Å². The molecule has 1 unspecified atom stereocenters. The zero-order chi connectivity index (χ0) is 20.2. The Morgan fingerprint density at radius 1 is 1.28 bits per heavy atom. The van der Waals surface area contributed by atoms with Gasteiger partial charge in [-0.2, -0.15) is 0 Å². The molecule has 0 aromatic heterocycles. The van der Waals surface area contributed by atoms with E-state index >= 15 is 0 Å². The zero-order valence-corrected chi connectivity index (χ0v) is 17.2. The van der Waals surface area contributed by atoms with Gasteiger partial charge in [0.05, 0.1) is 18.8 Å². The molecule has 1 saturated heterocycles. The van der Waals surface area contributed by atoms with Crippen LogP contribution in [0.1, 0.15) is 30.9 Å². The molecule has 0 bridgehead atoms. The third-order valence-electron chi connectivity index (χ3n) is 5.34. The summed E-state index contributed by atoms with van der Waals surface area (Å²) in [5, 5.41) is 3.88. The summed E-state index contributed by atoms with van der Waals surface area (Å²) < 4.78 is 16.9. The Balaban J connectivity index is 1.42. The Morgan fingerprint density at radius 3 is 3.00 bits per heavy atom. The van der Waals surface area contributed by atoms with Gasteiger partial charge in [-0.3, -0.25) is 4.79 Å². The first kappa shape index (κ1) is 19.7. The Bertz CT molecular complexity index is 889. The number of amides is 1. The molecule has 1 atom stereocenters. The van der Waals surface area contributed by atoms with Gasteiger partial charge < -0.3 is 24.4 Å². The quantitative estimate of drug-likeness (QED) is 0.761. The Morgan fingerprint density at radius 2 is 2.14 bits per heavy atom. The second kappa shape index (κ2) is 8.82. The lowest BCUT2D eigenvalue weighted by Gasteiger charge is -2.29. The number of hydrogen-bond donors (Lipinski definition) is 1. The van der Waals surface area contributed by atoms with Gasteiger partial charge in [-0.1, -0.05) is 23.7 Å². The second-order valence-electron chi connectivity index (χ2n) is 7.14. The number of benzene rings is 2. The van der Waals surface area contributed by atoms with E-state index in [2.05, 4.69) is 5.32 Å². The predicted octanol–water partition coefficient (Wildman–Crippen LogP) is 4.29. The van der Waals surface area contributed by atoms with Gasteiger partial charge in [0.1, 0.15) is 19.0 Å². The lowest BCUT2D eigenvalue weighted by Crippen LogP contribution is -2.32. The SMILES string of the molecule is COc1ccc(Cl)cc1NCCC(=O)N1CCCC1c1cccc2c1OCCO2. The van der Waals surface area contributed by atoms with E-state index in [9.17, 15) is 4.79 Å². The highest BCUT2D eigenvalue weighted by molar-refractivity contribution is 6.30. The van der Waals surface area contributed by atoms with Crippen LogP contribution in [0.15, 0.2) is 36.4 Å². The van der Waals surface area contributed by atoms with Crippen molar-refractivity contribution >= 4 is 23.2 Å². The minimum Gasteiger partial charge on any atom is -0.495 e. The summed E-state index contributed by atoms with van der Waals surface area (Å²) >= 11 is 6.07. The highest BCUT2D eigenvalue weighted by Gasteiger charge is 2.33. The highest BCUT2D eigenvalue weighted by Crippen LogP contribution is 2.43. The van der Waals surface area contributed by atoms with Gasteiger partial charge in [0, 0.05) is 30.1 Å². The Kier molecular flexibility index (Phi) is 6.00. The van der Waals surface area contributed by atoms with Crippen LogP contribution < -0.4 is 19.5 Å². The molecule has 4 rings (SSSR count). The summed E-state index contributed by atoms with van der Waals surface area (Å²) in [6, 6.07) is 11.3. The van der Waals surface area contributed by atoms with Crippen molar-refractivity contribution in [1.29, 1.82) is 0 Å². The summed E-state index contributed by atoms with van der Waals surface area (Å²) in [6.45, 7) is 2.36. The molecule has 7 heteroatoms. The third kappa shape index (κ3) is 4.22. The fraction of sp³-hybridized carbons (Fsp3) is 0.409. The molecule has 0 radical (unpaired) electrons. The molecular weight excluding hydrogens is 392 g/mol. The number of fused-ring (bicyclic) bond motifs is 1. The highest BCUT2D eigenvalue weighted by atomic mass is 35.5. The molecule has 1 N–H and O–H groups in total. The van der Waals surface area contributed by atoms with Crippen molar-refractivity contribution in [3.05, 3.63) is 47.0 Å². The molecule has 2 aromatic carbocycles. The average molecular weight is 417 g/mol. The summed E-state index contributed by atoms with van der Waals surface area (Å²) in [4.78, 5) is 14.9. The number of rotatable bonds is 6. The van der Waals surface area contributed by atoms with E-state index in [-0.39, 0.29) is 11.9 Å². The second-order valence-corrected chi connectivity index (χ2v) is 7.57. The largest absolute Gasteiger partial charge is 0.495 e. The van der Waals surface area contributed by atoms with Gasteiger partial charge >= 0.3 is 0 Å². The molecule has 2 aromatic rings. The van der Waals surface area contributed by atoms with Crippen molar-refractivity contribution in [3.8, 4) is 17.2 Å². The number of halogens is 1. The predicted molar refractivity (Wildman–Crippen MR) is 112 cm³/mol. The molecule has 6 nitrogen and oxygen atoms in total. The minimum atomic E-state index is 0.0276. The van der Waals surface area contributed by atoms with E-state index in [0.717, 1.165) is 42.1 Å². The fourth-order valence-corrected chi connectivity index (χ4v) is 4.19. The third-order valence-corrected chi connectivity index (χ3v) is 5.58. The number of hydrogen-bond acceptors (Lipinski definition) is 5. The number of nitrogens with zero attached hydrogens (tertiary/aromatic N) is 1. The molecule has 1 fully saturated rings. The molecule has 0 saturated carbocycles. The molecule has 1 amide bonds. The van der Waals surface area contributed by atoms with E-state index in [1.54, 1.807) is 19.2 Å². The van der Waals surface area contributed by atoms with Crippen molar-refractivity contribution in [2.45, 2.75) is 25.3 Å². The van der Waals surface area contributed by atoms with Crippen molar-refractivity contribution in [1.82, 2.24) is 4.90 Å². The van der Waals surface area contributed by atoms with E-state index in [1.807, 2.05) is 29.2 Å². The summed E-state index contributed by atoms with van der Waals surface area (Å²) in [7, 11) is 1.61. The smallest absolute Gasteiger partial charge is 0.224 e. The molecule has 0 spiro atoms. The van der Waals surface area contributed by atoms with E-state index in [0.29, 0.717) is 37.0 Å². The molecule has 2 heterocycles. The van der Waals surface area contributed by atoms with Crippen LogP contribution in [0, 0.1) is 0 Å². The number of nitrogens with one attached hydrogen (secondary N) is 1. The monoisotopic (exact) mass is 416 g/mol. The fourth-order valence-electron chi connectivity index (χ4n) is 4.01. The first-order valence-corrected chi connectivity index (χ1v) is 10.3. The standard InChI is InChI=1S/C22H25ClN2O4/c1-27-19-8-7-15(23)14-17(19)24-10-9-21(26)25-11-3-5-18(25)16-4-2-6-20-22(16)29-13-12-28-20/h2,4,6-8,14,18,24H,3,5,9-13H2,1H3. The van der Waals surface area contributed by atoms with Crippen LogP contribution in [0.4, 0.5) is 5.69 Å².